The third-order valence-electron chi connectivity index (χ3n) is 2.11. The Morgan fingerprint density at radius 3 is 2.81 bits per heavy atom. The number of rotatable bonds is 1. The molecule has 0 saturated heterocycles. The third-order valence-corrected chi connectivity index (χ3v) is 4.34. The number of halogens is 1. The van der Waals surface area contributed by atoms with E-state index in [1.807, 2.05) is 23.6 Å². The fourth-order valence-electron chi connectivity index (χ4n) is 1.41. The zero-order valence-corrected chi connectivity index (χ0v) is 10.4. The van der Waals surface area contributed by atoms with Gasteiger partial charge in [0.1, 0.15) is 10.7 Å². The van der Waals surface area contributed by atoms with Crippen LogP contribution in [0.5, 0.6) is 0 Å². The van der Waals surface area contributed by atoms with Crippen LogP contribution in [0, 0.1) is 0 Å². The van der Waals surface area contributed by atoms with Gasteiger partial charge >= 0.3 is 0 Å². The van der Waals surface area contributed by atoms with E-state index in [0.717, 1.165) is 25.9 Å². The predicted molar refractivity (Wildman–Crippen MR) is 70.2 cm³/mol. The standard InChI is InChI=1S/C10H6ClN3S2/c11-5-2-1-3-6-8(5)16-9(13-6)7-4-15-10(12)14-7/h1-4H,(H2,12,14). The normalized spacial score (nSPS) is 11.1. The third kappa shape index (κ3) is 1.57. The van der Waals surface area contributed by atoms with Crippen LogP contribution in [-0.2, 0) is 0 Å². The quantitative estimate of drug-likeness (QED) is 0.732. The van der Waals surface area contributed by atoms with Crippen LogP contribution in [0.2, 0.25) is 5.02 Å². The van der Waals surface area contributed by atoms with Crippen molar-refractivity contribution in [3.63, 3.8) is 0 Å². The van der Waals surface area contributed by atoms with E-state index in [2.05, 4.69) is 9.97 Å². The highest BCUT2D eigenvalue weighted by atomic mass is 35.5. The van der Waals surface area contributed by atoms with Crippen molar-refractivity contribution in [2.24, 2.45) is 0 Å². The Labute approximate surface area is 105 Å². The summed E-state index contributed by atoms with van der Waals surface area (Å²) < 4.78 is 0.991. The van der Waals surface area contributed by atoms with E-state index in [1.54, 1.807) is 0 Å². The molecule has 0 fully saturated rings. The lowest BCUT2D eigenvalue weighted by atomic mass is 10.3. The highest BCUT2D eigenvalue weighted by Gasteiger charge is 2.10. The average Bonchev–Trinajstić information content (AvgIpc) is 2.84. The maximum Gasteiger partial charge on any atom is 0.180 e. The summed E-state index contributed by atoms with van der Waals surface area (Å²) >= 11 is 9.04. The topological polar surface area (TPSA) is 51.8 Å². The molecule has 0 aliphatic carbocycles. The molecule has 0 aliphatic rings. The summed E-state index contributed by atoms with van der Waals surface area (Å²) in [6.07, 6.45) is 0. The van der Waals surface area contributed by atoms with Crippen LogP contribution in [0.25, 0.3) is 20.9 Å². The van der Waals surface area contributed by atoms with E-state index in [9.17, 15) is 0 Å². The molecule has 2 heterocycles. The maximum absolute atomic E-state index is 6.09. The molecule has 6 heteroatoms. The van der Waals surface area contributed by atoms with Crippen LogP contribution < -0.4 is 5.73 Å². The van der Waals surface area contributed by atoms with E-state index in [1.165, 1.54) is 22.7 Å². The number of nitrogen functional groups attached to an aromatic ring is 1. The van der Waals surface area contributed by atoms with Gasteiger partial charge in [-0.2, -0.15) is 0 Å². The van der Waals surface area contributed by atoms with Gasteiger partial charge in [-0.15, -0.1) is 22.7 Å². The van der Waals surface area contributed by atoms with Crippen LogP contribution in [0.4, 0.5) is 5.13 Å². The van der Waals surface area contributed by atoms with Crippen molar-refractivity contribution in [3.8, 4) is 10.7 Å². The number of nitrogens with zero attached hydrogens (tertiary/aromatic N) is 2. The molecule has 0 radical (unpaired) electrons. The highest BCUT2D eigenvalue weighted by Crippen LogP contribution is 2.34. The molecule has 3 nitrogen and oxygen atoms in total. The van der Waals surface area contributed by atoms with Gasteiger partial charge in [-0.25, -0.2) is 9.97 Å². The first-order chi connectivity index (χ1) is 7.74. The Morgan fingerprint density at radius 1 is 1.25 bits per heavy atom. The zero-order chi connectivity index (χ0) is 11.1. The Morgan fingerprint density at radius 2 is 2.12 bits per heavy atom. The molecular weight excluding hydrogens is 262 g/mol. The molecule has 3 rings (SSSR count). The molecule has 0 unspecified atom stereocenters. The summed E-state index contributed by atoms with van der Waals surface area (Å²) in [7, 11) is 0. The maximum atomic E-state index is 6.09. The molecule has 2 aromatic heterocycles. The second kappa shape index (κ2) is 3.69. The number of benzene rings is 1. The number of aromatic nitrogens is 2. The van der Waals surface area contributed by atoms with Crippen LogP contribution in [0.3, 0.4) is 0 Å². The SMILES string of the molecule is Nc1nc(-c2nc3cccc(Cl)c3s2)cs1. The molecule has 3 aromatic rings. The molecule has 2 N–H and O–H groups in total. The molecule has 0 bridgehead atoms. The van der Waals surface area contributed by atoms with Crippen molar-refractivity contribution in [2.75, 3.05) is 5.73 Å². The minimum Gasteiger partial charge on any atom is -0.375 e. The number of nitrogens with two attached hydrogens (primary N) is 1. The van der Waals surface area contributed by atoms with Crippen molar-refractivity contribution in [3.05, 3.63) is 28.6 Å². The van der Waals surface area contributed by atoms with Crippen LogP contribution >= 0.6 is 34.3 Å². The number of anilines is 1. The minimum atomic E-state index is 0.556. The van der Waals surface area contributed by atoms with Gasteiger partial charge in [-0.05, 0) is 12.1 Å². The summed E-state index contributed by atoms with van der Waals surface area (Å²) in [5.41, 5.74) is 7.32. The Hall–Kier alpha value is -1.17. The van der Waals surface area contributed by atoms with Gasteiger partial charge in [0.05, 0.1) is 15.2 Å². The lowest BCUT2D eigenvalue weighted by Gasteiger charge is -1.87. The van der Waals surface area contributed by atoms with E-state index in [4.69, 9.17) is 17.3 Å². The minimum absolute atomic E-state index is 0.556. The summed E-state index contributed by atoms with van der Waals surface area (Å²) in [5.74, 6) is 0. The van der Waals surface area contributed by atoms with Crippen molar-refractivity contribution in [1.82, 2.24) is 9.97 Å². The van der Waals surface area contributed by atoms with E-state index in [0.29, 0.717) is 5.13 Å². The zero-order valence-electron chi connectivity index (χ0n) is 7.98. The van der Waals surface area contributed by atoms with Crippen molar-refractivity contribution < 1.29 is 0 Å². The molecule has 0 saturated carbocycles. The number of hydrogen-bond donors (Lipinski definition) is 1. The fraction of sp³-hybridized carbons (Fsp3) is 0. The van der Waals surface area contributed by atoms with Gasteiger partial charge in [0, 0.05) is 5.38 Å². The highest BCUT2D eigenvalue weighted by molar-refractivity contribution is 7.22. The van der Waals surface area contributed by atoms with Gasteiger partial charge < -0.3 is 5.73 Å². The van der Waals surface area contributed by atoms with Gasteiger partial charge in [0.25, 0.3) is 0 Å². The van der Waals surface area contributed by atoms with Crippen LogP contribution in [0.1, 0.15) is 0 Å². The smallest absolute Gasteiger partial charge is 0.180 e. The second-order valence-electron chi connectivity index (χ2n) is 3.18. The lowest BCUT2D eigenvalue weighted by Crippen LogP contribution is -1.81. The summed E-state index contributed by atoms with van der Waals surface area (Å²) in [4.78, 5) is 8.69. The summed E-state index contributed by atoms with van der Waals surface area (Å²) in [6, 6.07) is 5.70. The van der Waals surface area contributed by atoms with Gasteiger partial charge in [0.15, 0.2) is 5.13 Å². The molecule has 0 amide bonds. The van der Waals surface area contributed by atoms with Crippen molar-refractivity contribution in [2.45, 2.75) is 0 Å². The fourth-order valence-corrected chi connectivity index (χ4v) is 3.25. The first-order valence-electron chi connectivity index (χ1n) is 4.50. The van der Waals surface area contributed by atoms with Crippen molar-refractivity contribution in [1.29, 1.82) is 0 Å². The van der Waals surface area contributed by atoms with Gasteiger partial charge in [0.2, 0.25) is 0 Å². The predicted octanol–water partition coefficient (Wildman–Crippen LogP) is 3.66. The van der Waals surface area contributed by atoms with Gasteiger partial charge in [-0.3, -0.25) is 0 Å². The second-order valence-corrected chi connectivity index (χ2v) is 5.47. The number of fused-ring (bicyclic) bond motifs is 1. The summed E-state index contributed by atoms with van der Waals surface area (Å²) in [5, 5.41) is 4.04. The Balaban J connectivity index is 2.22. The molecular formula is C10H6ClN3S2. The van der Waals surface area contributed by atoms with E-state index >= 15 is 0 Å². The Bertz CT molecular complexity index is 659. The van der Waals surface area contributed by atoms with Crippen molar-refractivity contribution >= 4 is 49.6 Å². The number of hydrogen-bond acceptors (Lipinski definition) is 5. The summed E-state index contributed by atoms with van der Waals surface area (Å²) in [6.45, 7) is 0. The first-order valence-corrected chi connectivity index (χ1v) is 6.58. The largest absolute Gasteiger partial charge is 0.375 e. The first kappa shape index (κ1) is 10.0. The molecule has 0 aliphatic heterocycles. The molecule has 80 valence electrons. The van der Waals surface area contributed by atoms with Gasteiger partial charge in [-0.1, -0.05) is 17.7 Å². The molecule has 0 atom stereocenters. The molecule has 0 spiro atoms. The monoisotopic (exact) mass is 267 g/mol. The average molecular weight is 268 g/mol. The van der Waals surface area contributed by atoms with E-state index < -0.39 is 0 Å². The lowest BCUT2D eigenvalue weighted by molar-refractivity contribution is 1.37. The molecule has 16 heavy (non-hydrogen) atoms. The Kier molecular flexibility index (Phi) is 2.31. The van der Waals surface area contributed by atoms with E-state index in [-0.39, 0.29) is 0 Å². The van der Waals surface area contributed by atoms with Crippen LogP contribution in [0.15, 0.2) is 23.6 Å². The number of thiazole rings is 2. The molecule has 1 aromatic carbocycles. The van der Waals surface area contributed by atoms with Crippen LogP contribution in [-0.4, -0.2) is 9.97 Å².